The molecule has 28 N–H and O–H groups in total. The lowest BCUT2D eigenvalue weighted by Gasteiger charge is -2.30. The predicted octanol–water partition coefficient (Wildman–Crippen LogP) is -5.60. The maximum Gasteiger partial charge on any atom is 0.326 e. The van der Waals surface area contributed by atoms with Gasteiger partial charge in [0.25, 0.3) is 0 Å². The van der Waals surface area contributed by atoms with Gasteiger partial charge in [-0.15, -0.1) is 0 Å². The Labute approximate surface area is 639 Å². The number of primary amides is 1. The topological polar surface area (TPSA) is 657 Å². The minimum atomic E-state index is -1.88. The van der Waals surface area contributed by atoms with Crippen LogP contribution in [0.1, 0.15) is 168 Å². The van der Waals surface area contributed by atoms with Crippen molar-refractivity contribution in [2.45, 2.75) is 260 Å². The van der Waals surface area contributed by atoms with E-state index in [2.05, 4.69) is 68.5 Å². The molecule has 0 bridgehead atoms. The number of benzene rings is 1. The Morgan fingerprint density at radius 2 is 0.882 bits per heavy atom. The molecule has 1 aromatic carbocycles. The molecule has 0 spiro atoms. The van der Waals surface area contributed by atoms with Crippen LogP contribution in [0.15, 0.2) is 42.9 Å². The highest BCUT2D eigenvalue weighted by Crippen LogP contribution is 2.22. The van der Waals surface area contributed by atoms with E-state index in [1.165, 1.54) is 31.3 Å². The standard InChI is InChI=1S/C71H118N20O19/c1-39(2)34-53(70(108)91-33-17-24-54(91)71(109)110)88-66(104)51(35-43-18-7-6-8-19-43)87-67(105)52(36-44-37-78-38-79-44)86-59(97)40(3)80-68(106)57(41(4)92)90-65(103)48(23-12-16-32-75)82-63(101)49(25-27-55(77)94)83-64(102)50(26-28-56(95)96)84-61(99)46(21-10-14-30-73)81-62(100)47(22-11-15-31-74)85-69(107)58(42(5)93)89-60(98)45(76)20-9-13-29-72/h6-8,18-19,37-42,45-54,57-58,92-93H,9-17,20-36,72-76H2,1-5H3,(H2,77,94)(H,78,79)(H,80,106)(H,81,100)(H,82,101)(H,83,102)(H,84,99)(H,85,107)(H,86,97)(H,87,105)(H,88,104)(H,89,98)(H,90,103)(H,95,96)(H,109,110)/t40-,41+,42+,45-,46-,47-,48-,49-,50-,51-,52-,53-,54-,57-,58-/m0/s1. The number of aromatic amines is 1. The third kappa shape index (κ3) is 34.0. The first kappa shape index (κ1) is 94.4. The number of hydrogen-bond donors (Lipinski definition) is 22. The van der Waals surface area contributed by atoms with E-state index in [4.69, 9.17) is 34.4 Å². The quantitative estimate of drug-likeness (QED) is 0.0275. The summed E-state index contributed by atoms with van der Waals surface area (Å²) < 4.78 is 0. The molecule has 15 atom stereocenters. The lowest BCUT2D eigenvalue weighted by atomic mass is 10.00. The van der Waals surface area contributed by atoms with Crippen molar-refractivity contribution in [3.63, 3.8) is 0 Å². The zero-order valence-corrected chi connectivity index (χ0v) is 63.4. The van der Waals surface area contributed by atoms with Gasteiger partial charge in [-0.3, -0.25) is 67.1 Å². The van der Waals surface area contributed by atoms with Gasteiger partial charge in [0, 0.05) is 44.1 Å². The Morgan fingerprint density at radius 3 is 1.32 bits per heavy atom. The number of carboxylic acid groups (broad SMARTS) is 2. The molecule has 3 rings (SSSR count). The zero-order valence-electron chi connectivity index (χ0n) is 63.4. The molecule has 1 aliphatic heterocycles. The van der Waals surface area contributed by atoms with Gasteiger partial charge >= 0.3 is 11.9 Å². The lowest BCUT2D eigenvalue weighted by Crippen LogP contribution is -2.62. The molecule has 39 nitrogen and oxygen atoms in total. The number of hydrogen-bond acceptors (Lipinski definition) is 23. The number of imidazole rings is 1. The maximum absolute atomic E-state index is 14.5. The molecule has 0 saturated carbocycles. The first-order chi connectivity index (χ1) is 52.2. The van der Waals surface area contributed by atoms with Crippen molar-refractivity contribution in [2.24, 2.45) is 40.3 Å². The molecular formula is C71H118N20O19. The van der Waals surface area contributed by atoms with E-state index < -0.39 is 205 Å². The summed E-state index contributed by atoms with van der Waals surface area (Å²) >= 11 is 0. The van der Waals surface area contributed by atoms with Gasteiger partial charge < -0.3 is 123 Å². The second-order valence-electron chi connectivity index (χ2n) is 28.0. The van der Waals surface area contributed by atoms with Gasteiger partial charge in [-0.25, -0.2) is 9.78 Å². The second kappa shape index (κ2) is 50.1. The molecule has 1 fully saturated rings. The van der Waals surface area contributed by atoms with Gasteiger partial charge in [0.2, 0.25) is 76.8 Å². The fourth-order valence-corrected chi connectivity index (χ4v) is 12.0. The highest BCUT2D eigenvalue weighted by Gasteiger charge is 2.41. The summed E-state index contributed by atoms with van der Waals surface area (Å²) in [6.45, 7) is 8.15. The van der Waals surface area contributed by atoms with Gasteiger partial charge in [0.15, 0.2) is 0 Å². The predicted molar refractivity (Wildman–Crippen MR) is 399 cm³/mol. The maximum atomic E-state index is 14.5. The number of amides is 13. The minimum absolute atomic E-state index is 0.0617. The van der Waals surface area contributed by atoms with Crippen molar-refractivity contribution in [3.05, 3.63) is 54.1 Å². The van der Waals surface area contributed by atoms with Gasteiger partial charge in [0.05, 0.1) is 24.6 Å². The average Bonchev–Trinajstić information content (AvgIpc) is 1.59. The van der Waals surface area contributed by atoms with Crippen molar-refractivity contribution < 1.29 is 92.3 Å². The highest BCUT2D eigenvalue weighted by molar-refractivity contribution is 6.00. The second-order valence-corrected chi connectivity index (χ2v) is 28.0. The van der Waals surface area contributed by atoms with Crippen LogP contribution in [0.2, 0.25) is 0 Å². The number of aromatic nitrogens is 2. The number of aliphatic hydroxyl groups excluding tert-OH is 2. The van der Waals surface area contributed by atoms with Gasteiger partial charge in [-0.05, 0) is 161 Å². The van der Waals surface area contributed by atoms with E-state index in [0.717, 1.165) is 6.92 Å². The summed E-state index contributed by atoms with van der Waals surface area (Å²) in [5, 5.41) is 69.0. The van der Waals surface area contributed by atoms with Crippen molar-refractivity contribution in [2.75, 3.05) is 32.7 Å². The number of rotatable bonds is 54. The van der Waals surface area contributed by atoms with E-state index >= 15 is 0 Å². The number of carbonyl (C=O) groups excluding carboxylic acids is 13. The molecule has 1 aromatic heterocycles. The van der Waals surface area contributed by atoms with Crippen LogP contribution in [0.3, 0.4) is 0 Å². The number of unbranched alkanes of at least 4 members (excludes halogenated alkanes) is 4. The number of carboxylic acids is 2. The summed E-state index contributed by atoms with van der Waals surface area (Å²) in [4.78, 5) is 215. The van der Waals surface area contributed by atoms with Crippen LogP contribution in [-0.2, 0) is 84.8 Å². The molecule has 0 aliphatic carbocycles. The summed E-state index contributed by atoms with van der Waals surface area (Å²) in [6, 6.07) is -10.9. The van der Waals surface area contributed by atoms with E-state index in [1.807, 2.05) is 13.8 Å². The molecule has 39 heteroatoms. The number of nitrogens with zero attached hydrogens (tertiary/aromatic N) is 2. The Balaban J connectivity index is 1.92. The number of carbonyl (C=O) groups is 15. The monoisotopic (exact) mass is 1550 g/mol. The Hall–Kier alpha value is -9.80. The first-order valence-corrected chi connectivity index (χ1v) is 37.5. The van der Waals surface area contributed by atoms with Crippen molar-refractivity contribution in [1.82, 2.24) is 73.4 Å². The third-order valence-electron chi connectivity index (χ3n) is 18.2. The number of aliphatic hydroxyl groups is 2. The normalized spacial score (nSPS) is 16.5. The van der Waals surface area contributed by atoms with Gasteiger partial charge in [-0.1, -0.05) is 50.6 Å². The molecular weight excluding hydrogens is 1440 g/mol. The SMILES string of the molecule is CC(C)C[C@H](NC(=O)[C@H](Cc1ccccc1)NC(=O)[C@H](Cc1cnc[nH]1)NC(=O)[C@H](C)NC(=O)[C@@H](NC(=O)[C@H](CCCCN)NC(=O)[C@H](CCC(N)=O)NC(=O)[C@H](CCC(=O)O)NC(=O)[C@H](CCCCN)NC(=O)[C@H](CCCCN)NC(=O)[C@@H](NC(=O)[C@@H](N)CCCCN)[C@@H](C)O)[C@@H](C)O)C(=O)N1CCC[C@H]1C(=O)O. The number of nitrogens with two attached hydrogens (primary N) is 6. The van der Waals surface area contributed by atoms with Crippen molar-refractivity contribution >= 4 is 88.7 Å². The minimum Gasteiger partial charge on any atom is -0.481 e. The molecule has 0 radical (unpaired) electrons. The number of H-pyrrole nitrogens is 1. The van der Waals surface area contributed by atoms with E-state index in [-0.39, 0.29) is 109 Å². The number of aliphatic carboxylic acids is 2. The van der Waals surface area contributed by atoms with E-state index in [9.17, 15) is 92.3 Å². The summed E-state index contributed by atoms with van der Waals surface area (Å²) in [5.41, 5.74) is 35.3. The summed E-state index contributed by atoms with van der Waals surface area (Å²) in [7, 11) is 0. The molecule has 0 unspecified atom stereocenters. The van der Waals surface area contributed by atoms with Gasteiger partial charge in [-0.2, -0.15) is 0 Å². The molecule has 2 heterocycles. The van der Waals surface area contributed by atoms with Crippen molar-refractivity contribution in [3.8, 4) is 0 Å². The number of likely N-dealkylation sites (tertiary alicyclic amines) is 1. The van der Waals surface area contributed by atoms with E-state index in [1.54, 1.807) is 30.3 Å². The first-order valence-electron chi connectivity index (χ1n) is 37.5. The smallest absolute Gasteiger partial charge is 0.326 e. The number of nitrogens with one attached hydrogen (secondary N) is 12. The van der Waals surface area contributed by atoms with Crippen LogP contribution in [0.4, 0.5) is 0 Å². The van der Waals surface area contributed by atoms with Crippen LogP contribution in [0.25, 0.3) is 0 Å². The largest absolute Gasteiger partial charge is 0.481 e. The molecule has 110 heavy (non-hydrogen) atoms. The highest BCUT2D eigenvalue weighted by atomic mass is 16.4. The summed E-state index contributed by atoms with van der Waals surface area (Å²) in [5.74, 6) is -15.3. The van der Waals surface area contributed by atoms with Crippen LogP contribution < -0.4 is 92.9 Å². The lowest BCUT2D eigenvalue weighted by molar-refractivity contribution is -0.149. The average molecular weight is 1560 g/mol. The van der Waals surface area contributed by atoms with Crippen LogP contribution in [-0.4, -0.2) is 248 Å². The Kier molecular flexibility index (Phi) is 43.0. The molecule has 616 valence electrons. The Morgan fingerprint density at radius 1 is 0.482 bits per heavy atom. The fourth-order valence-electron chi connectivity index (χ4n) is 12.0. The summed E-state index contributed by atoms with van der Waals surface area (Å²) in [6.07, 6.45) is -0.158. The van der Waals surface area contributed by atoms with Crippen LogP contribution in [0, 0.1) is 5.92 Å². The van der Waals surface area contributed by atoms with Gasteiger partial charge in [0.1, 0.15) is 72.5 Å². The van der Waals surface area contributed by atoms with Crippen molar-refractivity contribution in [1.29, 1.82) is 0 Å². The molecule has 2 aromatic rings. The van der Waals surface area contributed by atoms with E-state index in [0.29, 0.717) is 49.9 Å². The molecule has 1 aliphatic rings. The van der Waals surface area contributed by atoms with Crippen LogP contribution >= 0.6 is 0 Å². The molecule has 1 saturated heterocycles. The fraction of sp³-hybridized carbons (Fsp3) is 0.662. The van der Waals surface area contributed by atoms with Crippen LogP contribution in [0.5, 0.6) is 0 Å². The third-order valence-corrected chi connectivity index (χ3v) is 18.2. The Bertz CT molecular complexity index is 3310. The molecule has 13 amide bonds. The zero-order chi connectivity index (χ0) is 82.2.